The molecule has 4 aromatic rings. The van der Waals surface area contributed by atoms with Gasteiger partial charge in [0.25, 0.3) is 10.0 Å². The van der Waals surface area contributed by atoms with E-state index in [1.54, 1.807) is 42.5 Å². The van der Waals surface area contributed by atoms with Gasteiger partial charge in [0.2, 0.25) is 0 Å². The Balaban J connectivity index is 1.22. The van der Waals surface area contributed by atoms with Crippen LogP contribution in [-0.4, -0.2) is 44.3 Å². The van der Waals surface area contributed by atoms with E-state index in [1.807, 2.05) is 36.4 Å². The molecule has 3 aromatic carbocycles. The molecule has 8 nitrogen and oxygen atoms in total. The lowest BCUT2D eigenvalue weighted by Gasteiger charge is -2.13. The van der Waals surface area contributed by atoms with Crippen LogP contribution >= 0.6 is 0 Å². The average molecular weight is 493 g/mol. The molecular weight excluding hydrogens is 464 g/mol. The Morgan fingerprint density at radius 3 is 2.49 bits per heavy atom. The second-order valence-corrected chi connectivity index (χ2v) is 9.83. The summed E-state index contributed by atoms with van der Waals surface area (Å²) in [5.74, 6) is 0.963. The molecular formula is C26H28N4O4S. The summed E-state index contributed by atoms with van der Waals surface area (Å²) < 4.78 is 33.7. The highest BCUT2D eigenvalue weighted by atomic mass is 32.2. The molecule has 1 unspecified atom stereocenters. The number of nitrogens with one attached hydrogen (secondary N) is 2. The Hall–Kier alpha value is -3.66. The predicted molar refractivity (Wildman–Crippen MR) is 138 cm³/mol. The summed E-state index contributed by atoms with van der Waals surface area (Å²) in [6.45, 7) is 1.18. The fourth-order valence-corrected chi connectivity index (χ4v) is 4.61. The van der Waals surface area contributed by atoms with Crippen molar-refractivity contribution in [2.24, 2.45) is 0 Å². The number of hydrogen-bond donors (Lipinski definition) is 4. The van der Waals surface area contributed by atoms with Crippen molar-refractivity contribution in [3.05, 3.63) is 90.6 Å². The van der Waals surface area contributed by atoms with Crippen LogP contribution in [0.25, 0.3) is 10.8 Å². The highest BCUT2D eigenvalue weighted by Crippen LogP contribution is 2.21. The van der Waals surface area contributed by atoms with Gasteiger partial charge in [0, 0.05) is 12.2 Å². The number of aliphatic hydroxyl groups is 1. The van der Waals surface area contributed by atoms with Crippen molar-refractivity contribution in [2.45, 2.75) is 17.4 Å². The van der Waals surface area contributed by atoms with E-state index >= 15 is 0 Å². The smallest absolute Gasteiger partial charge is 0.261 e. The first-order valence-corrected chi connectivity index (χ1v) is 12.7. The molecule has 0 saturated carbocycles. The van der Waals surface area contributed by atoms with Crippen molar-refractivity contribution in [3.63, 3.8) is 0 Å². The van der Waals surface area contributed by atoms with Gasteiger partial charge in [0.05, 0.1) is 11.1 Å². The number of ether oxygens (including phenoxy) is 1. The summed E-state index contributed by atoms with van der Waals surface area (Å²) in [4.78, 5) is 4.16. The van der Waals surface area contributed by atoms with Gasteiger partial charge >= 0.3 is 0 Å². The minimum Gasteiger partial charge on any atom is -0.489 e. The summed E-state index contributed by atoms with van der Waals surface area (Å²) >= 11 is 0. The number of aromatic nitrogens is 1. The number of pyridine rings is 1. The third-order valence-corrected chi connectivity index (χ3v) is 6.79. The topological polar surface area (TPSA) is 127 Å². The molecule has 0 aliphatic rings. The standard InChI is InChI=1S/C26H28N4O4S/c27-26-12-10-24(17-29-26)34-18-23(31)16-28-14-13-19-5-8-22(9-6-19)30-35(32,33)25-11-7-20-3-1-2-4-21(20)15-25/h1-12,15,17,23,28,30-31H,13-14,16,18H2,(H2,27,29). The lowest BCUT2D eigenvalue weighted by Crippen LogP contribution is -2.32. The van der Waals surface area contributed by atoms with Crippen LogP contribution in [0.5, 0.6) is 5.75 Å². The summed E-state index contributed by atoms with van der Waals surface area (Å²) in [5, 5.41) is 15.1. The maximum Gasteiger partial charge on any atom is 0.261 e. The Bertz CT molecular complexity index is 1360. The van der Waals surface area contributed by atoms with Crippen molar-refractivity contribution in [2.75, 3.05) is 30.2 Å². The molecule has 1 heterocycles. The van der Waals surface area contributed by atoms with Gasteiger partial charge in [-0.05, 0) is 65.7 Å². The molecule has 0 radical (unpaired) electrons. The largest absolute Gasteiger partial charge is 0.489 e. The Kier molecular flexibility index (Phi) is 7.81. The molecule has 5 N–H and O–H groups in total. The number of nitrogens with two attached hydrogens (primary N) is 1. The number of hydrogen-bond acceptors (Lipinski definition) is 7. The maximum absolute atomic E-state index is 12.8. The Morgan fingerprint density at radius 1 is 0.971 bits per heavy atom. The number of anilines is 2. The second-order valence-electron chi connectivity index (χ2n) is 8.15. The first-order chi connectivity index (χ1) is 16.9. The number of nitrogen functional groups attached to an aromatic ring is 1. The van der Waals surface area contributed by atoms with E-state index in [9.17, 15) is 13.5 Å². The number of rotatable bonds is 11. The molecule has 35 heavy (non-hydrogen) atoms. The van der Waals surface area contributed by atoms with Crippen LogP contribution < -0.4 is 20.5 Å². The molecule has 9 heteroatoms. The van der Waals surface area contributed by atoms with Crippen molar-refractivity contribution in [3.8, 4) is 5.75 Å². The molecule has 0 bridgehead atoms. The summed E-state index contributed by atoms with van der Waals surface area (Å²) in [5.41, 5.74) is 7.08. The quantitative estimate of drug-likeness (QED) is 0.237. The molecule has 4 rings (SSSR count). The van der Waals surface area contributed by atoms with Crippen LogP contribution in [0.4, 0.5) is 11.5 Å². The van der Waals surface area contributed by atoms with Crippen LogP contribution in [-0.2, 0) is 16.4 Å². The average Bonchev–Trinajstić information content (AvgIpc) is 2.87. The van der Waals surface area contributed by atoms with Gasteiger partial charge in [-0.2, -0.15) is 0 Å². The number of sulfonamides is 1. The van der Waals surface area contributed by atoms with Gasteiger partial charge in [0.1, 0.15) is 24.3 Å². The van der Waals surface area contributed by atoms with E-state index in [0.717, 1.165) is 22.8 Å². The second kappa shape index (κ2) is 11.2. The van der Waals surface area contributed by atoms with Crippen molar-refractivity contribution < 1.29 is 18.3 Å². The fourth-order valence-electron chi connectivity index (χ4n) is 3.52. The zero-order chi connectivity index (χ0) is 24.7. The lowest BCUT2D eigenvalue weighted by atomic mass is 10.1. The van der Waals surface area contributed by atoms with Gasteiger partial charge < -0.3 is 20.9 Å². The zero-order valence-corrected chi connectivity index (χ0v) is 19.9. The van der Waals surface area contributed by atoms with Gasteiger partial charge in [-0.15, -0.1) is 0 Å². The number of aliphatic hydroxyl groups excluding tert-OH is 1. The van der Waals surface area contributed by atoms with Crippen LogP contribution in [0.15, 0.2) is 90.0 Å². The van der Waals surface area contributed by atoms with Gasteiger partial charge in [-0.1, -0.05) is 42.5 Å². The summed E-state index contributed by atoms with van der Waals surface area (Å²) in [7, 11) is -3.69. The monoisotopic (exact) mass is 492 g/mol. The third-order valence-electron chi connectivity index (χ3n) is 5.41. The molecule has 1 atom stereocenters. The first kappa shape index (κ1) is 24.5. The lowest BCUT2D eigenvalue weighted by molar-refractivity contribution is 0.106. The minimum absolute atomic E-state index is 0.143. The minimum atomic E-state index is -3.69. The zero-order valence-electron chi connectivity index (χ0n) is 19.1. The van der Waals surface area contributed by atoms with Gasteiger partial charge in [-0.3, -0.25) is 4.72 Å². The molecule has 0 spiro atoms. The van der Waals surface area contributed by atoms with E-state index in [4.69, 9.17) is 10.5 Å². The van der Waals surface area contributed by atoms with Crippen LogP contribution in [0, 0.1) is 0 Å². The van der Waals surface area contributed by atoms with E-state index < -0.39 is 16.1 Å². The van der Waals surface area contributed by atoms with E-state index in [0.29, 0.717) is 30.3 Å². The molecule has 1 aromatic heterocycles. The number of fused-ring (bicyclic) bond motifs is 1. The molecule has 0 fully saturated rings. The number of benzene rings is 3. The third kappa shape index (κ3) is 6.92. The SMILES string of the molecule is Nc1ccc(OCC(O)CNCCc2ccc(NS(=O)(=O)c3ccc4ccccc4c3)cc2)cn1. The summed E-state index contributed by atoms with van der Waals surface area (Å²) in [6.07, 6.45) is 1.58. The molecule has 182 valence electrons. The van der Waals surface area contributed by atoms with Crippen molar-refractivity contribution in [1.29, 1.82) is 0 Å². The fraction of sp³-hybridized carbons (Fsp3) is 0.192. The van der Waals surface area contributed by atoms with Gasteiger partial charge in [0.15, 0.2) is 0 Å². The summed E-state index contributed by atoms with van der Waals surface area (Å²) in [6, 6.07) is 23.3. The first-order valence-electron chi connectivity index (χ1n) is 11.2. The molecule has 0 aliphatic heterocycles. The highest BCUT2D eigenvalue weighted by Gasteiger charge is 2.14. The van der Waals surface area contributed by atoms with Crippen molar-refractivity contribution >= 4 is 32.3 Å². The normalized spacial score (nSPS) is 12.4. The maximum atomic E-state index is 12.8. The Labute approximate surface area is 204 Å². The molecule has 0 aliphatic carbocycles. The molecule has 0 amide bonds. The van der Waals surface area contributed by atoms with Crippen LogP contribution in [0.1, 0.15) is 5.56 Å². The molecule has 0 saturated heterocycles. The van der Waals surface area contributed by atoms with E-state index in [2.05, 4.69) is 15.0 Å². The number of nitrogens with zero attached hydrogens (tertiary/aromatic N) is 1. The Morgan fingerprint density at radius 2 is 1.74 bits per heavy atom. The van der Waals surface area contributed by atoms with Crippen molar-refractivity contribution in [1.82, 2.24) is 10.3 Å². The highest BCUT2D eigenvalue weighted by molar-refractivity contribution is 7.92. The van der Waals surface area contributed by atoms with Crippen LogP contribution in [0.3, 0.4) is 0 Å². The van der Waals surface area contributed by atoms with E-state index in [-0.39, 0.29) is 11.5 Å². The predicted octanol–water partition coefficient (Wildman–Crippen LogP) is 3.19. The van der Waals surface area contributed by atoms with Crippen LogP contribution in [0.2, 0.25) is 0 Å². The van der Waals surface area contributed by atoms with E-state index in [1.165, 1.54) is 6.20 Å². The van der Waals surface area contributed by atoms with Gasteiger partial charge in [-0.25, -0.2) is 13.4 Å².